The van der Waals surface area contributed by atoms with Crippen molar-refractivity contribution in [2.45, 2.75) is 6.42 Å². The van der Waals surface area contributed by atoms with Crippen molar-refractivity contribution in [3.63, 3.8) is 0 Å². The highest BCUT2D eigenvalue weighted by Gasteiger charge is 2.07. The van der Waals surface area contributed by atoms with E-state index >= 15 is 0 Å². The van der Waals surface area contributed by atoms with Gasteiger partial charge in [-0.15, -0.1) is 0 Å². The molecule has 0 heterocycles. The molecule has 0 spiro atoms. The van der Waals surface area contributed by atoms with Gasteiger partial charge in [-0.25, -0.2) is 10.8 Å². The second-order valence-electron chi connectivity index (χ2n) is 2.24. The van der Waals surface area contributed by atoms with Crippen molar-refractivity contribution < 1.29 is 9.59 Å². The Morgan fingerprint density at radius 2 is 1.29 bits per heavy atom. The van der Waals surface area contributed by atoms with E-state index in [1.807, 2.05) is 0 Å². The van der Waals surface area contributed by atoms with Crippen LogP contribution in [0.5, 0.6) is 0 Å². The van der Waals surface area contributed by atoms with E-state index in [2.05, 4.69) is 13.2 Å². The van der Waals surface area contributed by atoms with Crippen LogP contribution in [-0.4, -0.2) is 17.8 Å². The van der Waals surface area contributed by atoms with Crippen molar-refractivity contribution in [1.82, 2.24) is 0 Å². The topological polar surface area (TPSA) is 134 Å². The molecule has 6 nitrogen and oxygen atoms in total. The van der Waals surface area contributed by atoms with Crippen LogP contribution in [0.15, 0.2) is 24.3 Å². The van der Waals surface area contributed by atoms with Gasteiger partial charge in [-0.2, -0.15) is 0 Å². The van der Waals surface area contributed by atoms with Crippen LogP contribution in [0.1, 0.15) is 6.42 Å². The zero-order chi connectivity index (χ0) is 11.7. The molecule has 0 aliphatic rings. The van der Waals surface area contributed by atoms with E-state index in [1.54, 1.807) is 0 Å². The van der Waals surface area contributed by atoms with E-state index in [0.717, 1.165) is 0 Å². The summed E-state index contributed by atoms with van der Waals surface area (Å²) in [5.41, 5.74) is 9.97. The molecule has 0 fully saturated rings. The van der Waals surface area contributed by atoms with Gasteiger partial charge in [-0.1, -0.05) is 13.2 Å². The quantitative estimate of drug-likeness (QED) is 0.365. The molecule has 0 saturated heterocycles. The van der Waals surface area contributed by atoms with Gasteiger partial charge in [0.15, 0.2) is 0 Å². The summed E-state index contributed by atoms with van der Waals surface area (Å²) >= 11 is 0. The van der Waals surface area contributed by atoms with E-state index < -0.39 is 11.8 Å². The van der Waals surface area contributed by atoms with Crippen LogP contribution in [0.4, 0.5) is 0 Å². The monoisotopic (exact) mass is 196 g/mol. The van der Waals surface area contributed by atoms with E-state index in [4.69, 9.17) is 22.3 Å². The van der Waals surface area contributed by atoms with Crippen LogP contribution in [0.25, 0.3) is 0 Å². The number of amides is 2. The van der Waals surface area contributed by atoms with Gasteiger partial charge >= 0.3 is 0 Å². The second-order valence-corrected chi connectivity index (χ2v) is 2.24. The van der Waals surface area contributed by atoms with Crippen LogP contribution in [0.3, 0.4) is 0 Å². The summed E-state index contributed by atoms with van der Waals surface area (Å²) in [6.45, 7) is 6.67. The van der Waals surface area contributed by atoms with Gasteiger partial charge in [-0.05, 0) is 0 Å². The lowest BCUT2D eigenvalue weighted by atomic mass is 10.1. The number of rotatable bonds is 4. The van der Waals surface area contributed by atoms with Gasteiger partial charge in [0.05, 0.1) is 6.01 Å². The zero-order valence-electron chi connectivity index (χ0n) is 7.59. The molecule has 6 N–H and O–H groups in total. The standard InChI is InChI=1S/C7H10N2O2.CH2N2/c1-4(6(8)10)3-5(2)7(9)11;2-1-3/h1-3H2,(H2,8,10)(H2,9,11);2-3H. The number of nitrogens with one attached hydrogen (secondary N) is 2. The molecule has 0 aliphatic heterocycles. The van der Waals surface area contributed by atoms with Crippen molar-refractivity contribution >= 4 is 17.8 Å². The highest BCUT2D eigenvalue weighted by molar-refractivity contribution is 5.97. The largest absolute Gasteiger partial charge is 0.366 e. The Hall–Kier alpha value is -2.20. The third-order valence-corrected chi connectivity index (χ3v) is 1.12. The molecule has 0 bridgehead atoms. The van der Waals surface area contributed by atoms with Crippen LogP contribution in [0.2, 0.25) is 0 Å². The number of hydrogen-bond acceptors (Lipinski definition) is 4. The van der Waals surface area contributed by atoms with Crippen LogP contribution < -0.4 is 11.5 Å². The highest BCUT2D eigenvalue weighted by atomic mass is 16.1. The minimum absolute atomic E-state index is 0.0463. The molecule has 0 aliphatic carbocycles. The van der Waals surface area contributed by atoms with E-state index in [9.17, 15) is 9.59 Å². The molecule has 0 aromatic carbocycles. The Morgan fingerprint density at radius 3 is 1.43 bits per heavy atom. The molecule has 0 saturated carbocycles. The van der Waals surface area contributed by atoms with Crippen LogP contribution in [0, 0.1) is 10.8 Å². The third-order valence-electron chi connectivity index (χ3n) is 1.12. The van der Waals surface area contributed by atoms with Gasteiger partial charge in [0.1, 0.15) is 0 Å². The molecule has 6 heteroatoms. The van der Waals surface area contributed by atoms with Crippen molar-refractivity contribution in [2.24, 2.45) is 11.5 Å². The van der Waals surface area contributed by atoms with Crippen molar-refractivity contribution in [3.05, 3.63) is 24.3 Å². The lowest BCUT2D eigenvalue weighted by molar-refractivity contribution is -0.114. The molecule has 0 aromatic rings. The summed E-state index contributed by atoms with van der Waals surface area (Å²) < 4.78 is 0. The second kappa shape index (κ2) is 7.45. The number of hydrogen-bond donors (Lipinski definition) is 4. The fraction of sp³-hybridized carbons (Fsp3) is 0.125. The van der Waals surface area contributed by atoms with E-state index in [0.29, 0.717) is 0 Å². The molecule has 0 rings (SSSR count). The fourth-order valence-electron chi connectivity index (χ4n) is 0.432. The number of carbonyl (C=O) groups is 2. The first kappa shape index (κ1) is 14.3. The number of primary amides is 2. The maximum atomic E-state index is 10.4. The smallest absolute Gasteiger partial charge is 0.244 e. The summed E-state index contributed by atoms with van der Waals surface area (Å²) in [6, 6.07) is 1.25. The summed E-state index contributed by atoms with van der Waals surface area (Å²) in [6.07, 6.45) is 0.0463. The average molecular weight is 196 g/mol. The normalized spacial score (nSPS) is 7.43. The van der Waals surface area contributed by atoms with Crippen molar-refractivity contribution in [2.75, 3.05) is 0 Å². The maximum absolute atomic E-state index is 10.4. The first-order valence-corrected chi connectivity index (χ1v) is 3.40. The molecule has 0 unspecified atom stereocenters. The van der Waals surface area contributed by atoms with Crippen molar-refractivity contribution in [1.29, 1.82) is 10.8 Å². The SMILES string of the molecule is C=C(CC(=C)C(N)=O)C(N)=O.N=C=N. The maximum Gasteiger partial charge on any atom is 0.244 e. The minimum Gasteiger partial charge on any atom is -0.366 e. The van der Waals surface area contributed by atoms with Gasteiger partial charge in [-0.3, -0.25) is 9.59 Å². The van der Waals surface area contributed by atoms with Gasteiger partial charge in [0.25, 0.3) is 0 Å². The lowest BCUT2D eigenvalue weighted by Gasteiger charge is -1.99. The van der Waals surface area contributed by atoms with Gasteiger partial charge < -0.3 is 11.5 Å². The Bertz CT molecular complexity index is 276. The average Bonchev–Trinajstić information content (AvgIpc) is 2.05. The highest BCUT2D eigenvalue weighted by Crippen LogP contribution is 2.05. The summed E-state index contributed by atoms with van der Waals surface area (Å²) in [4.78, 5) is 20.8. The molecule has 76 valence electrons. The Labute approximate surface area is 81.3 Å². The molecular weight excluding hydrogens is 184 g/mol. The lowest BCUT2D eigenvalue weighted by Crippen LogP contribution is -2.18. The molecule has 2 amide bonds. The third kappa shape index (κ3) is 7.90. The predicted molar refractivity (Wildman–Crippen MR) is 51.7 cm³/mol. The molecule has 0 aromatic heterocycles. The first-order valence-electron chi connectivity index (χ1n) is 3.40. The van der Waals surface area contributed by atoms with Gasteiger partial charge in [0, 0.05) is 17.6 Å². The molecule has 0 radical (unpaired) electrons. The first-order chi connectivity index (χ1) is 6.36. The summed E-state index contributed by atoms with van der Waals surface area (Å²) in [7, 11) is 0. The molecular formula is C8H12N4O2. The van der Waals surface area contributed by atoms with Crippen LogP contribution >= 0.6 is 0 Å². The Morgan fingerprint density at radius 1 is 1.07 bits per heavy atom. The Balaban J connectivity index is 0. The van der Waals surface area contributed by atoms with E-state index in [1.165, 1.54) is 6.01 Å². The predicted octanol–water partition coefficient (Wildman–Crippen LogP) is -0.223. The van der Waals surface area contributed by atoms with Crippen molar-refractivity contribution in [3.8, 4) is 0 Å². The molecule has 14 heavy (non-hydrogen) atoms. The summed E-state index contributed by atoms with van der Waals surface area (Å²) in [5.74, 6) is -1.29. The zero-order valence-corrected chi connectivity index (χ0v) is 7.59. The van der Waals surface area contributed by atoms with E-state index in [-0.39, 0.29) is 17.6 Å². The minimum atomic E-state index is -0.646. The van der Waals surface area contributed by atoms with Crippen LogP contribution in [-0.2, 0) is 9.59 Å². The van der Waals surface area contributed by atoms with Gasteiger partial charge in [0.2, 0.25) is 11.8 Å². The number of nitrogens with two attached hydrogens (primary N) is 2. The Kier molecular flexibility index (Phi) is 7.63. The number of carbonyl (C=O) groups excluding carboxylic acids is 2. The molecule has 0 atom stereocenters. The fourth-order valence-corrected chi connectivity index (χ4v) is 0.432. The summed E-state index contributed by atoms with van der Waals surface area (Å²) in [5, 5.41) is 11.2.